The highest BCUT2D eigenvalue weighted by molar-refractivity contribution is 6.02. The van der Waals surface area contributed by atoms with Gasteiger partial charge in [-0.1, -0.05) is 0 Å². The van der Waals surface area contributed by atoms with Crippen molar-refractivity contribution in [3.63, 3.8) is 0 Å². The Balaban J connectivity index is 1.79. The number of benzene rings is 2. The molecule has 0 saturated carbocycles. The normalized spacial score (nSPS) is 13.1. The number of hydrogen-bond acceptors (Lipinski definition) is 9. The number of anilines is 1. The summed E-state index contributed by atoms with van der Waals surface area (Å²) in [6.07, 6.45) is -1.54. The number of likely N-dealkylation sites (N-methyl/N-ethyl adjacent to an activating group) is 1. The third-order valence-electron chi connectivity index (χ3n) is 7.71. The van der Waals surface area contributed by atoms with Crippen LogP contribution in [0.15, 0.2) is 41.2 Å². The summed E-state index contributed by atoms with van der Waals surface area (Å²) in [4.78, 5) is 83.2. The van der Waals surface area contributed by atoms with Gasteiger partial charge in [0.2, 0.25) is 0 Å². The van der Waals surface area contributed by atoms with E-state index in [0.717, 1.165) is 21.7 Å². The zero-order valence-corrected chi connectivity index (χ0v) is 25.4. The zero-order valence-electron chi connectivity index (χ0n) is 25.4. The first kappa shape index (κ1) is 34.4. The molecule has 3 atom stereocenters. The molecule has 1 heterocycles. The van der Waals surface area contributed by atoms with E-state index in [0.29, 0.717) is 29.8 Å². The number of aliphatic carboxylic acids is 3. The largest absolute Gasteiger partial charge is 0.481 e. The molecule has 1 unspecified atom stereocenters. The molecule has 1 aromatic heterocycles. The Hall–Kier alpha value is -5.11. The van der Waals surface area contributed by atoms with Crippen molar-refractivity contribution >= 4 is 46.2 Å². The van der Waals surface area contributed by atoms with E-state index < -0.39 is 60.4 Å². The topological polar surface area (TPSA) is 224 Å². The van der Waals surface area contributed by atoms with E-state index in [2.05, 4.69) is 9.97 Å². The van der Waals surface area contributed by atoms with Gasteiger partial charge in [0.1, 0.15) is 17.8 Å². The molecule has 0 radical (unpaired) electrons. The fraction of sp³-hybridized carbons (Fsp3) is 0.387. The average Bonchev–Trinajstić information content (AvgIpc) is 2.98. The predicted molar refractivity (Wildman–Crippen MR) is 164 cm³/mol. The van der Waals surface area contributed by atoms with E-state index in [4.69, 9.17) is 10.8 Å². The average molecular weight is 624 g/mol. The molecular formula is C31H37N5O9. The molecule has 14 nitrogen and oxygen atoms in total. The number of aromatic nitrogens is 2. The Morgan fingerprint density at radius 1 is 1.00 bits per heavy atom. The number of aromatic amines is 1. The number of nitrogens with two attached hydrogens (primary N) is 1. The summed E-state index contributed by atoms with van der Waals surface area (Å²) < 4.78 is 0. The number of nitrogens with zero attached hydrogens (tertiary/aromatic N) is 3. The van der Waals surface area contributed by atoms with Crippen molar-refractivity contribution in [3.05, 3.63) is 69.3 Å². The highest BCUT2D eigenvalue weighted by Crippen LogP contribution is 2.24. The standard InChI is InChI=1S/C31H37N5O9/c1-5-36(15-19-13-21-24(12-16(19)2)33-17(3)34-28(21)40)20-8-6-18(7-9-20)29(41)35(4)25(31(44)45)14-22(30(42)43)27(39)23(32)10-11-26(37)38/h6-9,12-13,22-23,25H,5,10-11,14-15,32H2,1-4H3,(H,37,38)(H,42,43)(H,44,45)(H,33,34,40)/t22?,23-,25-/m0/s1. The van der Waals surface area contributed by atoms with E-state index in [1.807, 2.05) is 30.9 Å². The molecule has 2 aromatic carbocycles. The number of hydrogen-bond donors (Lipinski definition) is 5. The van der Waals surface area contributed by atoms with Crippen LogP contribution < -0.4 is 16.2 Å². The summed E-state index contributed by atoms with van der Waals surface area (Å²) in [5.74, 6) is -7.43. The Kier molecular flexibility index (Phi) is 11.1. The smallest absolute Gasteiger partial charge is 0.326 e. The van der Waals surface area contributed by atoms with Crippen LogP contribution in [0.2, 0.25) is 0 Å². The van der Waals surface area contributed by atoms with Gasteiger partial charge in [0.25, 0.3) is 11.5 Å². The molecule has 1 amide bonds. The number of carbonyl (C=O) groups is 5. The highest BCUT2D eigenvalue weighted by atomic mass is 16.4. The number of amides is 1. The molecule has 0 aliphatic rings. The molecule has 6 N–H and O–H groups in total. The molecule has 45 heavy (non-hydrogen) atoms. The van der Waals surface area contributed by atoms with Crippen molar-refractivity contribution in [2.24, 2.45) is 11.7 Å². The van der Waals surface area contributed by atoms with Crippen molar-refractivity contribution in [1.29, 1.82) is 0 Å². The third-order valence-corrected chi connectivity index (χ3v) is 7.71. The van der Waals surface area contributed by atoms with E-state index in [9.17, 15) is 39.0 Å². The number of carboxylic acids is 3. The minimum absolute atomic E-state index is 0.134. The van der Waals surface area contributed by atoms with Gasteiger partial charge in [0.05, 0.1) is 16.9 Å². The van der Waals surface area contributed by atoms with E-state index in [1.54, 1.807) is 19.1 Å². The molecule has 0 aliphatic carbocycles. The summed E-state index contributed by atoms with van der Waals surface area (Å²) in [5.41, 5.74) is 8.83. The van der Waals surface area contributed by atoms with Gasteiger partial charge in [-0.05, 0) is 81.1 Å². The van der Waals surface area contributed by atoms with Crippen LogP contribution in [0.5, 0.6) is 0 Å². The van der Waals surface area contributed by atoms with Crippen LogP contribution >= 0.6 is 0 Å². The predicted octanol–water partition coefficient (Wildman–Crippen LogP) is 1.94. The SMILES string of the molecule is CCN(Cc1cc2c(=O)[nH]c(C)nc2cc1C)c1ccc(C(=O)N(C)[C@@H](CC(C(=O)O)C(=O)[C@@H](N)CCC(=O)O)C(=O)O)cc1. The highest BCUT2D eigenvalue weighted by Gasteiger charge is 2.38. The van der Waals surface area contributed by atoms with E-state index in [-0.39, 0.29) is 17.5 Å². The first-order valence-electron chi connectivity index (χ1n) is 14.2. The van der Waals surface area contributed by atoms with Gasteiger partial charge in [-0.3, -0.25) is 24.0 Å². The molecule has 0 fully saturated rings. The lowest BCUT2D eigenvalue weighted by atomic mass is 9.89. The lowest BCUT2D eigenvalue weighted by Crippen LogP contribution is -2.47. The minimum Gasteiger partial charge on any atom is -0.481 e. The second-order valence-electron chi connectivity index (χ2n) is 10.8. The molecule has 0 saturated heterocycles. The zero-order chi connectivity index (χ0) is 33.6. The van der Waals surface area contributed by atoms with Crippen LogP contribution in [0.4, 0.5) is 5.69 Å². The van der Waals surface area contributed by atoms with Crippen LogP contribution in [0, 0.1) is 19.8 Å². The number of aryl methyl sites for hydroxylation is 2. The quantitative estimate of drug-likeness (QED) is 0.153. The Morgan fingerprint density at radius 3 is 2.20 bits per heavy atom. The van der Waals surface area contributed by atoms with Gasteiger partial charge >= 0.3 is 17.9 Å². The van der Waals surface area contributed by atoms with Crippen LogP contribution in [0.25, 0.3) is 10.9 Å². The molecule has 3 rings (SSSR count). The summed E-state index contributed by atoms with van der Waals surface area (Å²) in [6, 6.07) is 6.99. The molecule has 0 bridgehead atoms. The van der Waals surface area contributed by atoms with Gasteiger partial charge in [-0.2, -0.15) is 0 Å². The summed E-state index contributed by atoms with van der Waals surface area (Å²) in [5, 5.41) is 28.8. The third kappa shape index (κ3) is 8.29. The van der Waals surface area contributed by atoms with Gasteiger partial charge in [-0.15, -0.1) is 0 Å². The monoisotopic (exact) mass is 623 g/mol. The minimum atomic E-state index is -1.86. The van der Waals surface area contributed by atoms with Crippen molar-refractivity contribution < 1.29 is 39.3 Å². The maximum Gasteiger partial charge on any atom is 0.326 e. The van der Waals surface area contributed by atoms with Gasteiger partial charge < -0.3 is 35.8 Å². The fourth-order valence-electron chi connectivity index (χ4n) is 5.04. The van der Waals surface area contributed by atoms with Crippen LogP contribution in [-0.2, 0) is 25.7 Å². The summed E-state index contributed by atoms with van der Waals surface area (Å²) >= 11 is 0. The maximum absolute atomic E-state index is 13.3. The number of nitrogens with one attached hydrogen (secondary N) is 1. The maximum atomic E-state index is 13.3. The number of fused-ring (bicyclic) bond motifs is 1. The Morgan fingerprint density at radius 2 is 1.64 bits per heavy atom. The first-order valence-corrected chi connectivity index (χ1v) is 14.2. The number of carbonyl (C=O) groups excluding carboxylic acids is 2. The number of H-pyrrole nitrogens is 1. The van der Waals surface area contributed by atoms with Crippen molar-refractivity contribution in [2.45, 2.75) is 58.7 Å². The van der Waals surface area contributed by atoms with Gasteiger partial charge in [0, 0.05) is 37.8 Å². The molecular weight excluding hydrogens is 586 g/mol. The molecule has 0 aliphatic heterocycles. The molecule has 3 aromatic rings. The van der Waals surface area contributed by atoms with E-state index in [1.165, 1.54) is 19.2 Å². The second kappa shape index (κ2) is 14.6. The lowest BCUT2D eigenvalue weighted by Gasteiger charge is -2.28. The lowest BCUT2D eigenvalue weighted by molar-refractivity contribution is -0.149. The van der Waals surface area contributed by atoms with Gasteiger partial charge in [-0.25, -0.2) is 9.78 Å². The fourth-order valence-corrected chi connectivity index (χ4v) is 5.04. The van der Waals surface area contributed by atoms with E-state index >= 15 is 0 Å². The van der Waals surface area contributed by atoms with Gasteiger partial charge in [0.15, 0.2) is 5.78 Å². The number of rotatable bonds is 15. The van der Waals surface area contributed by atoms with Crippen LogP contribution in [0.3, 0.4) is 0 Å². The van der Waals surface area contributed by atoms with Crippen LogP contribution in [-0.4, -0.2) is 85.5 Å². The number of Topliss-reactive ketones (excluding diaryl/α,β-unsaturated/α-hetero) is 1. The Bertz CT molecular complexity index is 1670. The van der Waals surface area contributed by atoms with Crippen molar-refractivity contribution in [3.8, 4) is 0 Å². The molecule has 0 spiro atoms. The number of carboxylic acid groups (broad SMARTS) is 3. The number of ketones is 1. The first-order chi connectivity index (χ1) is 21.1. The molecule has 240 valence electrons. The van der Waals surface area contributed by atoms with Crippen LogP contribution in [0.1, 0.15) is 53.5 Å². The summed E-state index contributed by atoms with van der Waals surface area (Å²) in [6.45, 7) is 6.65. The van der Waals surface area contributed by atoms with Crippen molar-refractivity contribution in [2.75, 3.05) is 18.5 Å². The summed E-state index contributed by atoms with van der Waals surface area (Å²) in [7, 11) is 1.20. The Labute approximate surface area is 258 Å². The van der Waals surface area contributed by atoms with Crippen molar-refractivity contribution in [1.82, 2.24) is 14.9 Å². The second-order valence-corrected chi connectivity index (χ2v) is 10.8. The molecule has 14 heteroatoms.